The second-order valence-corrected chi connectivity index (χ2v) is 3.63. The molecule has 15 heavy (non-hydrogen) atoms. The second kappa shape index (κ2) is 5.67. The van der Waals surface area contributed by atoms with Crippen molar-refractivity contribution in [2.45, 2.75) is 31.9 Å². The molecule has 1 aliphatic rings. The lowest BCUT2D eigenvalue weighted by Crippen LogP contribution is -2.45. The molecule has 0 bridgehead atoms. The van der Waals surface area contributed by atoms with Crippen molar-refractivity contribution in [2.75, 3.05) is 13.2 Å². The molecular weight excluding hydrogens is 198 g/mol. The fourth-order valence-electron chi connectivity index (χ4n) is 1.56. The zero-order chi connectivity index (χ0) is 11.3. The number of rotatable bonds is 4. The largest absolute Gasteiger partial charge is 0.377 e. The number of nitrogens with two attached hydrogens (primary N) is 1. The van der Waals surface area contributed by atoms with E-state index in [2.05, 4.69) is 5.32 Å². The molecule has 86 valence electrons. The van der Waals surface area contributed by atoms with Crippen molar-refractivity contribution in [3.8, 4) is 0 Å². The second-order valence-electron chi connectivity index (χ2n) is 3.63. The number of ether oxygens (including phenoxy) is 1. The van der Waals surface area contributed by atoms with Gasteiger partial charge in [-0.15, -0.1) is 0 Å². The van der Waals surface area contributed by atoms with Crippen LogP contribution in [0.3, 0.4) is 0 Å². The number of hydrogen-bond acceptors (Lipinski definition) is 4. The highest BCUT2D eigenvalue weighted by Gasteiger charge is 2.22. The Morgan fingerprint density at radius 3 is 2.87 bits per heavy atom. The van der Waals surface area contributed by atoms with Crippen LogP contribution in [-0.2, 0) is 9.53 Å². The Hall–Kier alpha value is -1.14. The van der Waals surface area contributed by atoms with Crippen molar-refractivity contribution in [2.24, 2.45) is 5.73 Å². The first-order valence-corrected chi connectivity index (χ1v) is 5.04. The number of urea groups is 1. The first kappa shape index (κ1) is 11.9. The summed E-state index contributed by atoms with van der Waals surface area (Å²) in [6.45, 7) is 2.81. The van der Waals surface area contributed by atoms with E-state index in [4.69, 9.17) is 10.5 Å². The minimum absolute atomic E-state index is 0.0734. The van der Waals surface area contributed by atoms with Crippen LogP contribution in [0.25, 0.3) is 0 Å². The van der Waals surface area contributed by atoms with E-state index in [1.807, 2.05) is 12.2 Å². The molecule has 1 heterocycles. The molecule has 4 N–H and O–H groups in total. The molecule has 0 saturated carbocycles. The summed E-state index contributed by atoms with van der Waals surface area (Å²) in [6, 6.07) is -0.724. The van der Waals surface area contributed by atoms with Crippen molar-refractivity contribution in [3.05, 3.63) is 0 Å². The average Bonchev–Trinajstić information content (AvgIpc) is 2.65. The van der Waals surface area contributed by atoms with Crippen LogP contribution in [0.4, 0.5) is 4.79 Å². The summed E-state index contributed by atoms with van der Waals surface area (Å²) in [5.41, 5.74) is 4.80. The van der Waals surface area contributed by atoms with Crippen LogP contribution in [0.2, 0.25) is 0 Å². The van der Waals surface area contributed by atoms with Crippen molar-refractivity contribution in [1.82, 2.24) is 10.6 Å². The van der Waals surface area contributed by atoms with E-state index in [0.717, 1.165) is 19.4 Å². The summed E-state index contributed by atoms with van der Waals surface area (Å²) in [5.74, 6) is -0.424. The zero-order valence-electron chi connectivity index (χ0n) is 8.79. The van der Waals surface area contributed by atoms with Gasteiger partial charge in [0.05, 0.1) is 12.6 Å². The fourth-order valence-corrected chi connectivity index (χ4v) is 1.56. The number of primary amides is 1. The average molecular weight is 215 g/mol. The molecule has 1 rings (SSSR count). The van der Waals surface area contributed by atoms with E-state index in [1.165, 1.54) is 0 Å². The summed E-state index contributed by atoms with van der Waals surface area (Å²) >= 11 is 0. The van der Waals surface area contributed by atoms with Gasteiger partial charge in [-0.25, -0.2) is 4.79 Å². The maximum Gasteiger partial charge on any atom is 0.318 e. The summed E-state index contributed by atoms with van der Waals surface area (Å²) in [6.07, 6.45) is 2.22. The molecule has 0 spiro atoms. The third-order valence-electron chi connectivity index (χ3n) is 2.37. The normalized spacial score (nSPS) is 22.3. The van der Waals surface area contributed by atoms with Gasteiger partial charge in [0.2, 0.25) is 5.91 Å². The SMILES string of the molecule is CC(NCC(=O)NC(N)=O)C1CCCO1. The number of imide groups is 1. The van der Waals surface area contributed by atoms with Crippen molar-refractivity contribution in [3.63, 3.8) is 0 Å². The van der Waals surface area contributed by atoms with Gasteiger partial charge in [-0.2, -0.15) is 0 Å². The third kappa shape index (κ3) is 4.26. The Morgan fingerprint density at radius 2 is 2.33 bits per heavy atom. The summed E-state index contributed by atoms with van der Waals surface area (Å²) in [5, 5.41) is 4.97. The van der Waals surface area contributed by atoms with E-state index in [1.54, 1.807) is 0 Å². The molecule has 3 amide bonds. The van der Waals surface area contributed by atoms with Crippen molar-refractivity contribution < 1.29 is 14.3 Å². The number of amides is 3. The molecule has 0 aromatic rings. The van der Waals surface area contributed by atoms with Gasteiger partial charge in [0.25, 0.3) is 0 Å². The van der Waals surface area contributed by atoms with Gasteiger partial charge in [-0.3, -0.25) is 10.1 Å². The van der Waals surface area contributed by atoms with Gasteiger partial charge in [-0.05, 0) is 19.8 Å². The van der Waals surface area contributed by atoms with E-state index in [0.29, 0.717) is 0 Å². The topological polar surface area (TPSA) is 93.5 Å². The summed E-state index contributed by atoms with van der Waals surface area (Å²) in [4.78, 5) is 21.4. The van der Waals surface area contributed by atoms with Crippen molar-refractivity contribution >= 4 is 11.9 Å². The maximum atomic E-state index is 11.1. The van der Waals surface area contributed by atoms with Crippen LogP contribution in [0.1, 0.15) is 19.8 Å². The van der Waals surface area contributed by atoms with E-state index >= 15 is 0 Å². The summed E-state index contributed by atoms with van der Waals surface area (Å²) in [7, 11) is 0. The lowest BCUT2D eigenvalue weighted by molar-refractivity contribution is -0.119. The van der Waals surface area contributed by atoms with Crippen LogP contribution in [0.5, 0.6) is 0 Å². The van der Waals surface area contributed by atoms with E-state index < -0.39 is 11.9 Å². The van der Waals surface area contributed by atoms with Crippen LogP contribution in [-0.4, -0.2) is 37.2 Å². The van der Waals surface area contributed by atoms with Crippen LogP contribution < -0.4 is 16.4 Å². The lowest BCUT2D eigenvalue weighted by Gasteiger charge is -2.19. The highest BCUT2D eigenvalue weighted by molar-refractivity contribution is 5.94. The number of carbonyl (C=O) groups excluding carboxylic acids is 2. The molecule has 1 fully saturated rings. The number of nitrogens with one attached hydrogen (secondary N) is 2. The molecule has 0 radical (unpaired) electrons. The molecule has 1 aliphatic heterocycles. The Morgan fingerprint density at radius 1 is 1.60 bits per heavy atom. The molecule has 1 saturated heterocycles. The predicted molar refractivity (Wildman–Crippen MR) is 54.2 cm³/mol. The monoisotopic (exact) mass is 215 g/mol. The standard InChI is InChI=1S/C9H17N3O3/c1-6(7-3-2-4-15-7)11-5-8(13)12-9(10)14/h6-7,11H,2-5H2,1H3,(H3,10,12,13,14). The molecule has 2 atom stereocenters. The van der Waals surface area contributed by atoms with Crippen LogP contribution in [0, 0.1) is 0 Å². The lowest BCUT2D eigenvalue weighted by atomic mass is 10.1. The minimum atomic E-state index is -0.827. The van der Waals surface area contributed by atoms with Crippen LogP contribution >= 0.6 is 0 Å². The first-order chi connectivity index (χ1) is 7.09. The molecule has 0 aliphatic carbocycles. The molecule has 0 aromatic carbocycles. The number of hydrogen-bond donors (Lipinski definition) is 3. The Balaban J connectivity index is 2.18. The Kier molecular flexibility index (Phi) is 4.51. The van der Waals surface area contributed by atoms with Gasteiger partial charge in [0.1, 0.15) is 0 Å². The minimum Gasteiger partial charge on any atom is -0.377 e. The number of carbonyl (C=O) groups is 2. The van der Waals surface area contributed by atoms with Gasteiger partial charge in [0.15, 0.2) is 0 Å². The Bertz CT molecular complexity index is 239. The predicted octanol–water partition coefficient (Wildman–Crippen LogP) is -0.662. The fraction of sp³-hybridized carbons (Fsp3) is 0.778. The van der Waals surface area contributed by atoms with Crippen LogP contribution in [0.15, 0.2) is 0 Å². The molecule has 2 unspecified atom stereocenters. The smallest absolute Gasteiger partial charge is 0.318 e. The Labute approximate surface area is 88.5 Å². The zero-order valence-corrected chi connectivity index (χ0v) is 8.79. The van der Waals surface area contributed by atoms with Gasteiger partial charge in [-0.1, -0.05) is 0 Å². The van der Waals surface area contributed by atoms with Gasteiger partial charge >= 0.3 is 6.03 Å². The quantitative estimate of drug-likeness (QED) is 0.580. The van der Waals surface area contributed by atoms with E-state index in [-0.39, 0.29) is 18.7 Å². The summed E-state index contributed by atoms with van der Waals surface area (Å²) < 4.78 is 5.44. The first-order valence-electron chi connectivity index (χ1n) is 5.04. The molecule has 6 nitrogen and oxygen atoms in total. The molecular formula is C9H17N3O3. The molecule has 6 heteroatoms. The molecule has 0 aromatic heterocycles. The van der Waals surface area contributed by atoms with E-state index in [9.17, 15) is 9.59 Å². The van der Waals surface area contributed by atoms with Gasteiger partial charge in [0, 0.05) is 12.6 Å². The highest BCUT2D eigenvalue weighted by Crippen LogP contribution is 2.14. The van der Waals surface area contributed by atoms with Crippen molar-refractivity contribution in [1.29, 1.82) is 0 Å². The highest BCUT2D eigenvalue weighted by atomic mass is 16.5. The third-order valence-corrected chi connectivity index (χ3v) is 2.37. The maximum absolute atomic E-state index is 11.1. The van der Waals surface area contributed by atoms with Gasteiger partial charge < -0.3 is 15.8 Å².